The molecule has 0 aromatic carbocycles. The third-order valence-electron chi connectivity index (χ3n) is 2.78. The van der Waals surface area contributed by atoms with Gasteiger partial charge < -0.3 is 0 Å². The number of carbonyl (C=O) groups excluding carboxylic acids is 1. The number of nitrogens with zero attached hydrogens (tertiary/aromatic N) is 2. The zero-order valence-corrected chi connectivity index (χ0v) is 7.86. The number of aryl methyl sites for hydroxylation is 1. The number of carbonyl (C=O) groups is 1. The summed E-state index contributed by atoms with van der Waals surface area (Å²) < 4.78 is 1.96. The molecular weight excluding hydrogens is 164 g/mol. The second kappa shape index (κ2) is 3.32. The monoisotopic (exact) mass is 178 g/mol. The summed E-state index contributed by atoms with van der Waals surface area (Å²) >= 11 is 0. The van der Waals surface area contributed by atoms with E-state index < -0.39 is 0 Å². The van der Waals surface area contributed by atoms with Crippen LogP contribution < -0.4 is 0 Å². The third-order valence-corrected chi connectivity index (χ3v) is 2.78. The molecule has 1 aromatic rings. The smallest absolute Gasteiger partial charge is 0.153 e. The summed E-state index contributed by atoms with van der Waals surface area (Å²) in [6, 6.07) is 0.535. The SMILES string of the molecule is Cc1nn(C2CCCC2)cc1C=O. The van der Waals surface area contributed by atoms with Crippen LogP contribution in [0.15, 0.2) is 6.20 Å². The first-order valence-corrected chi connectivity index (χ1v) is 4.82. The van der Waals surface area contributed by atoms with Gasteiger partial charge in [-0.1, -0.05) is 12.8 Å². The first-order valence-electron chi connectivity index (χ1n) is 4.82. The van der Waals surface area contributed by atoms with Gasteiger partial charge in [-0.3, -0.25) is 9.48 Å². The summed E-state index contributed by atoms with van der Waals surface area (Å²) in [6.45, 7) is 1.88. The molecule has 0 atom stereocenters. The van der Waals surface area contributed by atoms with Crippen LogP contribution in [0.1, 0.15) is 47.8 Å². The number of hydrogen-bond acceptors (Lipinski definition) is 2. The minimum atomic E-state index is 0.535. The Balaban J connectivity index is 2.24. The molecule has 70 valence electrons. The van der Waals surface area contributed by atoms with Crippen molar-refractivity contribution in [2.45, 2.75) is 38.6 Å². The molecule has 3 heteroatoms. The molecule has 0 bridgehead atoms. The number of aldehydes is 1. The van der Waals surface area contributed by atoms with Crippen molar-refractivity contribution in [2.75, 3.05) is 0 Å². The highest BCUT2D eigenvalue weighted by Gasteiger charge is 2.18. The maximum atomic E-state index is 10.6. The van der Waals surface area contributed by atoms with E-state index in [4.69, 9.17) is 0 Å². The maximum absolute atomic E-state index is 10.6. The van der Waals surface area contributed by atoms with Crippen LogP contribution >= 0.6 is 0 Å². The van der Waals surface area contributed by atoms with Crippen molar-refractivity contribution in [3.8, 4) is 0 Å². The van der Waals surface area contributed by atoms with E-state index in [1.54, 1.807) is 0 Å². The molecule has 1 saturated carbocycles. The van der Waals surface area contributed by atoms with Crippen LogP contribution in [0, 0.1) is 6.92 Å². The molecule has 2 rings (SSSR count). The van der Waals surface area contributed by atoms with Crippen molar-refractivity contribution in [2.24, 2.45) is 0 Å². The van der Waals surface area contributed by atoms with Gasteiger partial charge >= 0.3 is 0 Å². The highest BCUT2D eigenvalue weighted by atomic mass is 16.1. The Kier molecular flexibility index (Phi) is 2.17. The maximum Gasteiger partial charge on any atom is 0.153 e. The van der Waals surface area contributed by atoms with E-state index >= 15 is 0 Å². The van der Waals surface area contributed by atoms with Gasteiger partial charge in [-0.15, -0.1) is 0 Å². The van der Waals surface area contributed by atoms with Crippen molar-refractivity contribution in [1.82, 2.24) is 9.78 Å². The molecule has 0 spiro atoms. The van der Waals surface area contributed by atoms with Gasteiger partial charge in [0.15, 0.2) is 6.29 Å². The van der Waals surface area contributed by atoms with E-state index in [1.807, 2.05) is 17.8 Å². The summed E-state index contributed by atoms with van der Waals surface area (Å²) in [5, 5.41) is 4.35. The summed E-state index contributed by atoms with van der Waals surface area (Å²) in [5.74, 6) is 0. The molecule has 1 aliphatic rings. The molecule has 0 radical (unpaired) electrons. The lowest BCUT2D eigenvalue weighted by Crippen LogP contribution is -2.04. The second-order valence-electron chi connectivity index (χ2n) is 3.71. The van der Waals surface area contributed by atoms with Crippen molar-refractivity contribution < 1.29 is 4.79 Å². The van der Waals surface area contributed by atoms with Crippen molar-refractivity contribution >= 4 is 6.29 Å². The molecule has 1 heterocycles. The molecule has 3 nitrogen and oxygen atoms in total. The standard InChI is InChI=1S/C10H14N2O/c1-8-9(7-13)6-12(11-8)10-4-2-3-5-10/h6-7,10H,2-5H2,1H3. The molecule has 1 fully saturated rings. The highest BCUT2D eigenvalue weighted by Crippen LogP contribution is 2.29. The predicted molar refractivity (Wildman–Crippen MR) is 49.9 cm³/mol. The van der Waals surface area contributed by atoms with E-state index in [-0.39, 0.29) is 0 Å². The summed E-state index contributed by atoms with van der Waals surface area (Å²) in [5.41, 5.74) is 1.58. The molecular formula is C10H14N2O. The quantitative estimate of drug-likeness (QED) is 0.650. The fourth-order valence-corrected chi connectivity index (χ4v) is 1.97. The van der Waals surface area contributed by atoms with Crippen molar-refractivity contribution in [1.29, 1.82) is 0 Å². The van der Waals surface area contributed by atoms with Crippen LogP contribution in [0.3, 0.4) is 0 Å². The lowest BCUT2D eigenvalue weighted by atomic mass is 10.2. The van der Waals surface area contributed by atoms with Gasteiger partial charge in [0.25, 0.3) is 0 Å². The number of hydrogen-bond donors (Lipinski definition) is 0. The van der Waals surface area contributed by atoms with E-state index in [1.165, 1.54) is 25.7 Å². The van der Waals surface area contributed by atoms with Gasteiger partial charge in [-0.05, 0) is 19.8 Å². The van der Waals surface area contributed by atoms with Crippen LogP contribution in [0.5, 0.6) is 0 Å². The Morgan fingerprint density at radius 2 is 2.23 bits per heavy atom. The topological polar surface area (TPSA) is 34.9 Å². The Morgan fingerprint density at radius 3 is 2.77 bits per heavy atom. The van der Waals surface area contributed by atoms with Gasteiger partial charge in [-0.25, -0.2) is 0 Å². The summed E-state index contributed by atoms with van der Waals surface area (Å²) in [4.78, 5) is 10.6. The van der Waals surface area contributed by atoms with Gasteiger partial charge in [0.05, 0.1) is 17.3 Å². The van der Waals surface area contributed by atoms with E-state index in [0.717, 1.165) is 17.5 Å². The fraction of sp³-hybridized carbons (Fsp3) is 0.600. The molecule has 1 aromatic heterocycles. The van der Waals surface area contributed by atoms with E-state index in [2.05, 4.69) is 5.10 Å². The third kappa shape index (κ3) is 1.50. The van der Waals surface area contributed by atoms with E-state index in [9.17, 15) is 4.79 Å². The lowest BCUT2D eigenvalue weighted by Gasteiger charge is -2.08. The predicted octanol–water partition coefficient (Wildman–Crippen LogP) is 2.12. The first-order chi connectivity index (χ1) is 6.31. The highest BCUT2D eigenvalue weighted by molar-refractivity contribution is 5.75. The minimum absolute atomic E-state index is 0.535. The second-order valence-corrected chi connectivity index (χ2v) is 3.71. The van der Waals surface area contributed by atoms with Crippen LogP contribution in [0.2, 0.25) is 0 Å². The summed E-state index contributed by atoms with van der Waals surface area (Å²) in [6.07, 6.45) is 7.75. The van der Waals surface area contributed by atoms with Gasteiger partial charge in [-0.2, -0.15) is 5.10 Å². The Morgan fingerprint density at radius 1 is 1.54 bits per heavy atom. The Bertz CT molecular complexity index is 311. The summed E-state index contributed by atoms with van der Waals surface area (Å²) in [7, 11) is 0. The molecule has 0 unspecified atom stereocenters. The fourth-order valence-electron chi connectivity index (χ4n) is 1.97. The first kappa shape index (κ1) is 8.48. The van der Waals surface area contributed by atoms with E-state index in [0.29, 0.717) is 6.04 Å². The van der Waals surface area contributed by atoms with Crippen LogP contribution in [0.25, 0.3) is 0 Å². The molecule has 1 aliphatic carbocycles. The molecule has 0 aliphatic heterocycles. The number of aromatic nitrogens is 2. The molecule has 0 saturated heterocycles. The Hall–Kier alpha value is -1.12. The van der Waals surface area contributed by atoms with Gasteiger partial charge in [0.1, 0.15) is 0 Å². The molecule has 0 N–H and O–H groups in total. The van der Waals surface area contributed by atoms with Crippen LogP contribution in [0.4, 0.5) is 0 Å². The lowest BCUT2D eigenvalue weighted by molar-refractivity contribution is 0.112. The molecule has 13 heavy (non-hydrogen) atoms. The largest absolute Gasteiger partial charge is 0.298 e. The Labute approximate surface area is 77.7 Å². The van der Waals surface area contributed by atoms with Crippen LogP contribution in [-0.4, -0.2) is 16.1 Å². The average Bonchev–Trinajstić information content (AvgIpc) is 2.71. The zero-order valence-electron chi connectivity index (χ0n) is 7.86. The minimum Gasteiger partial charge on any atom is -0.298 e. The molecule has 0 amide bonds. The zero-order chi connectivity index (χ0) is 9.26. The van der Waals surface area contributed by atoms with Gasteiger partial charge in [0.2, 0.25) is 0 Å². The van der Waals surface area contributed by atoms with Crippen molar-refractivity contribution in [3.05, 3.63) is 17.5 Å². The van der Waals surface area contributed by atoms with Gasteiger partial charge in [0, 0.05) is 6.20 Å². The van der Waals surface area contributed by atoms with Crippen molar-refractivity contribution in [3.63, 3.8) is 0 Å². The van der Waals surface area contributed by atoms with Crippen LogP contribution in [-0.2, 0) is 0 Å². The number of rotatable bonds is 2. The average molecular weight is 178 g/mol. The normalized spacial score (nSPS) is 17.9.